The highest BCUT2D eigenvalue weighted by molar-refractivity contribution is 5.91. The molecule has 138 valence electrons. The smallest absolute Gasteiger partial charge is 0.244 e. The molecule has 0 bridgehead atoms. The Kier molecular flexibility index (Phi) is 6.21. The first-order chi connectivity index (χ1) is 13.1. The van der Waals surface area contributed by atoms with Crippen molar-refractivity contribution in [1.82, 2.24) is 15.3 Å². The first-order valence-corrected chi connectivity index (χ1v) is 9.18. The van der Waals surface area contributed by atoms with Crippen molar-refractivity contribution in [3.8, 4) is 0 Å². The molecule has 27 heavy (non-hydrogen) atoms. The third kappa shape index (κ3) is 5.96. The fourth-order valence-electron chi connectivity index (χ4n) is 3.12. The first-order valence-electron chi connectivity index (χ1n) is 9.18. The molecule has 0 spiro atoms. The maximum absolute atomic E-state index is 12.0. The molecule has 3 rings (SSSR count). The van der Waals surface area contributed by atoms with Crippen LogP contribution in [0.25, 0.3) is 6.08 Å². The highest BCUT2D eigenvalue weighted by Gasteiger charge is 2.00. The van der Waals surface area contributed by atoms with Crippen molar-refractivity contribution in [2.45, 2.75) is 26.7 Å². The van der Waals surface area contributed by atoms with Gasteiger partial charge < -0.3 is 10.3 Å². The van der Waals surface area contributed by atoms with E-state index in [-0.39, 0.29) is 5.91 Å². The summed E-state index contributed by atoms with van der Waals surface area (Å²) in [7, 11) is 0. The van der Waals surface area contributed by atoms with Crippen LogP contribution >= 0.6 is 0 Å². The minimum Gasteiger partial charge on any atom is -0.352 e. The normalized spacial score (nSPS) is 11.0. The van der Waals surface area contributed by atoms with E-state index in [4.69, 9.17) is 0 Å². The van der Waals surface area contributed by atoms with Crippen LogP contribution in [0.2, 0.25) is 0 Å². The lowest BCUT2D eigenvalue weighted by molar-refractivity contribution is -0.116. The molecule has 1 aromatic heterocycles. The van der Waals surface area contributed by atoms with Gasteiger partial charge in [0.05, 0.1) is 6.33 Å². The number of carbonyl (C=O) groups excluding carboxylic acids is 1. The molecule has 2 aromatic carbocycles. The molecule has 2 N–H and O–H groups in total. The van der Waals surface area contributed by atoms with Gasteiger partial charge in [0.2, 0.25) is 5.91 Å². The molecule has 4 nitrogen and oxygen atoms in total. The number of amides is 1. The molecule has 1 amide bonds. The van der Waals surface area contributed by atoms with Gasteiger partial charge >= 0.3 is 0 Å². The van der Waals surface area contributed by atoms with E-state index in [1.807, 2.05) is 24.4 Å². The molecule has 1 heterocycles. The third-order valence-corrected chi connectivity index (χ3v) is 4.35. The van der Waals surface area contributed by atoms with Crippen LogP contribution < -0.4 is 5.32 Å². The number of hydrogen-bond donors (Lipinski definition) is 2. The van der Waals surface area contributed by atoms with Gasteiger partial charge in [-0.3, -0.25) is 4.79 Å². The fraction of sp³-hybridized carbons (Fsp3) is 0.217. The topological polar surface area (TPSA) is 57.8 Å². The minimum absolute atomic E-state index is 0.0686. The standard InChI is InChI=1S/C23H25N3O/c1-17-11-18(2)13-21(12-17)9-10-25-23(27)8-7-19-3-5-20(6-4-19)14-22-15-24-16-26-22/h3-8,11-13,15-16H,9-10,14H2,1-2H3,(H,24,26)(H,25,27)/b8-7+. The van der Waals surface area contributed by atoms with Crippen LogP contribution in [-0.2, 0) is 17.6 Å². The molecule has 0 aliphatic carbocycles. The molecule has 0 aliphatic heterocycles. The SMILES string of the molecule is Cc1cc(C)cc(CCNC(=O)/C=C/c2ccc(Cc3cnc[nH]3)cc2)c1. The number of aromatic nitrogens is 2. The van der Waals surface area contributed by atoms with Crippen LogP contribution in [0.5, 0.6) is 0 Å². The summed E-state index contributed by atoms with van der Waals surface area (Å²) in [5.74, 6) is -0.0686. The summed E-state index contributed by atoms with van der Waals surface area (Å²) in [5.41, 5.74) is 7.06. The van der Waals surface area contributed by atoms with E-state index in [0.717, 1.165) is 24.1 Å². The lowest BCUT2D eigenvalue weighted by atomic mass is 10.1. The summed E-state index contributed by atoms with van der Waals surface area (Å²) in [4.78, 5) is 19.1. The van der Waals surface area contributed by atoms with Crippen molar-refractivity contribution in [3.05, 3.63) is 94.6 Å². The van der Waals surface area contributed by atoms with Gasteiger partial charge in [0, 0.05) is 30.9 Å². The van der Waals surface area contributed by atoms with Crippen LogP contribution in [0.3, 0.4) is 0 Å². The maximum Gasteiger partial charge on any atom is 0.244 e. The summed E-state index contributed by atoms with van der Waals surface area (Å²) in [6.07, 6.45) is 8.60. The monoisotopic (exact) mass is 359 g/mol. The second-order valence-electron chi connectivity index (χ2n) is 6.87. The van der Waals surface area contributed by atoms with Crippen molar-refractivity contribution in [3.63, 3.8) is 0 Å². The van der Waals surface area contributed by atoms with E-state index in [1.54, 1.807) is 12.4 Å². The number of aryl methyl sites for hydroxylation is 2. The van der Waals surface area contributed by atoms with E-state index >= 15 is 0 Å². The zero-order valence-corrected chi connectivity index (χ0v) is 15.8. The maximum atomic E-state index is 12.0. The molecule has 3 aromatic rings. The Hall–Kier alpha value is -3.14. The molecular formula is C23H25N3O. The molecule has 4 heteroatoms. The molecule has 0 atom stereocenters. The fourth-order valence-corrected chi connectivity index (χ4v) is 3.12. The second-order valence-corrected chi connectivity index (χ2v) is 6.87. The highest BCUT2D eigenvalue weighted by Crippen LogP contribution is 2.10. The number of benzene rings is 2. The number of aromatic amines is 1. The summed E-state index contributed by atoms with van der Waals surface area (Å²) in [6, 6.07) is 14.7. The first kappa shape index (κ1) is 18.6. The molecule has 0 radical (unpaired) electrons. The summed E-state index contributed by atoms with van der Waals surface area (Å²) >= 11 is 0. The summed E-state index contributed by atoms with van der Waals surface area (Å²) in [5, 5.41) is 2.94. The van der Waals surface area contributed by atoms with Crippen molar-refractivity contribution in [1.29, 1.82) is 0 Å². The van der Waals surface area contributed by atoms with Crippen LogP contribution in [0.4, 0.5) is 0 Å². The van der Waals surface area contributed by atoms with Crippen molar-refractivity contribution < 1.29 is 4.79 Å². The Labute approximate surface area is 160 Å². The van der Waals surface area contributed by atoms with E-state index in [2.05, 4.69) is 59.5 Å². The lowest BCUT2D eigenvalue weighted by Crippen LogP contribution is -2.23. The Balaban J connectivity index is 1.46. The molecule has 0 aliphatic rings. The number of carbonyl (C=O) groups is 1. The number of nitrogens with one attached hydrogen (secondary N) is 2. The van der Waals surface area contributed by atoms with Gasteiger partial charge in [-0.05, 0) is 43.0 Å². The number of imidazole rings is 1. The zero-order chi connectivity index (χ0) is 19.1. The quantitative estimate of drug-likeness (QED) is 0.627. The van der Waals surface area contributed by atoms with E-state index in [1.165, 1.54) is 22.3 Å². The largest absolute Gasteiger partial charge is 0.352 e. The van der Waals surface area contributed by atoms with Gasteiger partial charge in [-0.1, -0.05) is 53.6 Å². The highest BCUT2D eigenvalue weighted by atomic mass is 16.1. The zero-order valence-electron chi connectivity index (χ0n) is 15.8. The van der Waals surface area contributed by atoms with Crippen molar-refractivity contribution in [2.24, 2.45) is 0 Å². The van der Waals surface area contributed by atoms with Gasteiger partial charge in [0.1, 0.15) is 0 Å². The minimum atomic E-state index is -0.0686. The lowest BCUT2D eigenvalue weighted by Gasteiger charge is -2.06. The van der Waals surface area contributed by atoms with Crippen LogP contribution in [-0.4, -0.2) is 22.4 Å². The third-order valence-electron chi connectivity index (χ3n) is 4.35. The summed E-state index contributed by atoms with van der Waals surface area (Å²) in [6.45, 7) is 4.82. The van der Waals surface area contributed by atoms with Crippen LogP contribution in [0, 0.1) is 13.8 Å². The second kappa shape index (κ2) is 8.99. The number of H-pyrrole nitrogens is 1. The Morgan fingerprint density at radius 3 is 2.48 bits per heavy atom. The number of hydrogen-bond acceptors (Lipinski definition) is 2. The van der Waals surface area contributed by atoms with Gasteiger partial charge in [-0.25, -0.2) is 4.98 Å². The van der Waals surface area contributed by atoms with E-state index in [9.17, 15) is 4.79 Å². The number of rotatable bonds is 7. The van der Waals surface area contributed by atoms with Crippen LogP contribution in [0.15, 0.2) is 61.1 Å². The Morgan fingerprint density at radius 2 is 1.81 bits per heavy atom. The molecule has 0 saturated carbocycles. The Morgan fingerprint density at radius 1 is 1.07 bits per heavy atom. The van der Waals surface area contributed by atoms with Gasteiger partial charge in [-0.2, -0.15) is 0 Å². The van der Waals surface area contributed by atoms with Gasteiger partial charge in [0.15, 0.2) is 0 Å². The predicted octanol–water partition coefficient (Wildman–Crippen LogP) is 3.99. The molecule has 0 unspecified atom stereocenters. The molecule has 0 saturated heterocycles. The molecular weight excluding hydrogens is 334 g/mol. The average molecular weight is 359 g/mol. The van der Waals surface area contributed by atoms with Crippen molar-refractivity contribution >= 4 is 12.0 Å². The number of nitrogens with zero attached hydrogens (tertiary/aromatic N) is 1. The molecule has 0 fully saturated rings. The predicted molar refractivity (Wildman–Crippen MR) is 109 cm³/mol. The average Bonchev–Trinajstić information content (AvgIpc) is 3.13. The van der Waals surface area contributed by atoms with Crippen LogP contribution in [0.1, 0.15) is 33.5 Å². The van der Waals surface area contributed by atoms with E-state index < -0.39 is 0 Å². The summed E-state index contributed by atoms with van der Waals surface area (Å²) < 4.78 is 0. The Bertz CT molecular complexity index is 889. The van der Waals surface area contributed by atoms with Gasteiger partial charge in [-0.15, -0.1) is 0 Å². The van der Waals surface area contributed by atoms with Gasteiger partial charge in [0.25, 0.3) is 0 Å². The van der Waals surface area contributed by atoms with Crippen molar-refractivity contribution in [2.75, 3.05) is 6.54 Å². The van der Waals surface area contributed by atoms with E-state index in [0.29, 0.717) is 6.54 Å².